The number of rotatable bonds is 5. The first kappa shape index (κ1) is 17.4. The first-order valence-corrected chi connectivity index (χ1v) is 8.76. The van der Waals surface area contributed by atoms with Gasteiger partial charge in [-0.05, 0) is 62.1 Å². The SMILES string of the molecule is Cc1ccc(CC(=O)Nc2ccc(O[C@@H]3CCCC[C@H]3O)cc2)cn1. The van der Waals surface area contributed by atoms with Crippen LogP contribution in [0.5, 0.6) is 5.75 Å². The summed E-state index contributed by atoms with van der Waals surface area (Å²) < 4.78 is 5.86. The van der Waals surface area contributed by atoms with Crippen LogP contribution >= 0.6 is 0 Å². The van der Waals surface area contributed by atoms with Crippen molar-refractivity contribution >= 4 is 11.6 Å². The quantitative estimate of drug-likeness (QED) is 0.876. The average Bonchev–Trinajstić information content (AvgIpc) is 2.61. The molecular weight excluding hydrogens is 316 g/mol. The predicted molar refractivity (Wildman–Crippen MR) is 96.6 cm³/mol. The summed E-state index contributed by atoms with van der Waals surface area (Å²) in [6, 6.07) is 11.1. The van der Waals surface area contributed by atoms with Crippen LogP contribution in [0.2, 0.25) is 0 Å². The van der Waals surface area contributed by atoms with Crippen molar-refractivity contribution in [1.82, 2.24) is 4.98 Å². The van der Waals surface area contributed by atoms with Crippen LogP contribution in [0, 0.1) is 6.92 Å². The Balaban J connectivity index is 1.53. The summed E-state index contributed by atoms with van der Waals surface area (Å²) in [5.74, 6) is 0.633. The highest BCUT2D eigenvalue weighted by Crippen LogP contribution is 2.25. The number of aryl methyl sites for hydroxylation is 1. The molecular formula is C20H24N2O3. The number of carbonyl (C=O) groups excluding carboxylic acids is 1. The molecule has 0 saturated heterocycles. The van der Waals surface area contributed by atoms with E-state index in [4.69, 9.17) is 4.74 Å². The molecule has 1 heterocycles. The van der Waals surface area contributed by atoms with E-state index in [0.717, 1.165) is 42.6 Å². The number of aliphatic hydroxyl groups is 1. The molecule has 1 aromatic carbocycles. The van der Waals surface area contributed by atoms with Crippen molar-refractivity contribution in [1.29, 1.82) is 0 Å². The Bertz CT molecular complexity index is 698. The normalized spacial score (nSPS) is 20.1. The van der Waals surface area contributed by atoms with Crippen LogP contribution in [-0.4, -0.2) is 28.2 Å². The molecule has 1 saturated carbocycles. The van der Waals surface area contributed by atoms with Gasteiger partial charge in [-0.3, -0.25) is 9.78 Å². The number of benzene rings is 1. The van der Waals surface area contributed by atoms with Gasteiger partial charge in [-0.1, -0.05) is 12.5 Å². The van der Waals surface area contributed by atoms with Gasteiger partial charge in [0.05, 0.1) is 12.5 Å². The smallest absolute Gasteiger partial charge is 0.228 e. The number of nitrogens with zero attached hydrogens (tertiary/aromatic N) is 1. The zero-order valence-corrected chi connectivity index (χ0v) is 14.4. The standard InChI is InChI=1S/C20H24N2O3/c1-14-6-7-15(13-21-14)12-20(24)22-16-8-10-17(11-9-16)25-19-5-3-2-4-18(19)23/h6-11,13,18-19,23H,2-5,12H2,1H3,(H,22,24)/t18-,19-/m1/s1. The van der Waals surface area contributed by atoms with Gasteiger partial charge in [0.1, 0.15) is 11.9 Å². The maximum absolute atomic E-state index is 12.1. The van der Waals surface area contributed by atoms with Crippen LogP contribution in [0.3, 0.4) is 0 Å². The van der Waals surface area contributed by atoms with Crippen LogP contribution in [0.1, 0.15) is 36.9 Å². The van der Waals surface area contributed by atoms with Crippen LogP contribution in [-0.2, 0) is 11.2 Å². The maximum Gasteiger partial charge on any atom is 0.228 e. The fraction of sp³-hybridized carbons (Fsp3) is 0.400. The summed E-state index contributed by atoms with van der Waals surface area (Å²) in [5.41, 5.74) is 2.54. The van der Waals surface area contributed by atoms with Crippen molar-refractivity contribution in [3.05, 3.63) is 53.9 Å². The molecule has 1 fully saturated rings. The Labute approximate surface area is 148 Å². The van der Waals surface area contributed by atoms with Gasteiger partial charge >= 0.3 is 0 Å². The fourth-order valence-electron chi connectivity index (χ4n) is 3.00. The molecule has 5 heteroatoms. The van der Waals surface area contributed by atoms with Gasteiger partial charge in [-0.15, -0.1) is 0 Å². The monoisotopic (exact) mass is 340 g/mol. The van der Waals surface area contributed by atoms with Crippen molar-refractivity contribution in [2.45, 2.75) is 51.2 Å². The highest BCUT2D eigenvalue weighted by Gasteiger charge is 2.24. The number of hydrogen-bond acceptors (Lipinski definition) is 4. The van der Waals surface area contributed by atoms with Crippen LogP contribution in [0.4, 0.5) is 5.69 Å². The number of aliphatic hydroxyl groups excluding tert-OH is 1. The third kappa shape index (κ3) is 5.03. The number of ether oxygens (including phenoxy) is 1. The van der Waals surface area contributed by atoms with E-state index in [2.05, 4.69) is 10.3 Å². The van der Waals surface area contributed by atoms with Crippen molar-refractivity contribution in [2.75, 3.05) is 5.32 Å². The Hall–Kier alpha value is -2.40. The minimum atomic E-state index is -0.392. The maximum atomic E-state index is 12.1. The lowest BCUT2D eigenvalue weighted by molar-refractivity contribution is -0.115. The number of nitrogens with one attached hydrogen (secondary N) is 1. The van der Waals surface area contributed by atoms with E-state index in [1.54, 1.807) is 6.20 Å². The van der Waals surface area contributed by atoms with E-state index in [-0.39, 0.29) is 12.0 Å². The van der Waals surface area contributed by atoms with E-state index < -0.39 is 6.10 Å². The van der Waals surface area contributed by atoms with Crippen molar-refractivity contribution in [3.63, 3.8) is 0 Å². The lowest BCUT2D eigenvalue weighted by atomic mass is 9.95. The predicted octanol–water partition coefficient (Wildman–Crippen LogP) is 3.25. The number of hydrogen-bond donors (Lipinski definition) is 2. The summed E-state index contributed by atoms with van der Waals surface area (Å²) in [6.07, 6.45) is 5.31. The molecule has 132 valence electrons. The molecule has 2 N–H and O–H groups in total. The minimum absolute atomic E-state index is 0.0815. The van der Waals surface area contributed by atoms with E-state index >= 15 is 0 Å². The van der Waals surface area contributed by atoms with Gasteiger partial charge < -0.3 is 15.2 Å². The molecule has 3 rings (SSSR count). The average molecular weight is 340 g/mol. The first-order chi connectivity index (χ1) is 12.1. The number of amides is 1. The molecule has 2 atom stereocenters. The lowest BCUT2D eigenvalue weighted by Gasteiger charge is -2.28. The number of pyridine rings is 1. The molecule has 1 aliphatic rings. The Morgan fingerprint density at radius 1 is 1.20 bits per heavy atom. The summed E-state index contributed by atoms with van der Waals surface area (Å²) in [5, 5.41) is 12.8. The summed E-state index contributed by atoms with van der Waals surface area (Å²) >= 11 is 0. The van der Waals surface area contributed by atoms with E-state index in [1.807, 2.05) is 43.3 Å². The second-order valence-corrected chi connectivity index (χ2v) is 6.57. The Morgan fingerprint density at radius 3 is 2.64 bits per heavy atom. The van der Waals surface area contributed by atoms with Gasteiger partial charge in [0.25, 0.3) is 0 Å². The molecule has 5 nitrogen and oxygen atoms in total. The highest BCUT2D eigenvalue weighted by molar-refractivity contribution is 5.92. The molecule has 0 unspecified atom stereocenters. The largest absolute Gasteiger partial charge is 0.488 e. The second kappa shape index (κ2) is 8.12. The van der Waals surface area contributed by atoms with Crippen LogP contribution in [0.15, 0.2) is 42.6 Å². The van der Waals surface area contributed by atoms with Crippen LogP contribution < -0.4 is 10.1 Å². The molecule has 1 aromatic heterocycles. The van der Waals surface area contributed by atoms with E-state index in [1.165, 1.54) is 0 Å². The molecule has 0 aliphatic heterocycles. The Kier molecular flexibility index (Phi) is 5.66. The van der Waals surface area contributed by atoms with Gasteiger partial charge in [0.15, 0.2) is 0 Å². The van der Waals surface area contributed by atoms with Crippen molar-refractivity contribution < 1.29 is 14.6 Å². The van der Waals surface area contributed by atoms with Gasteiger partial charge in [-0.25, -0.2) is 0 Å². The molecule has 0 radical (unpaired) electrons. The second-order valence-electron chi connectivity index (χ2n) is 6.57. The topological polar surface area (TPSA) is 71.5 Å². The summed E-state index contributed by atoms with van der Waals surface area (Å²) in [4.78, 5) is 16.3. The number of carbonyl (C=O) groups is 1. The fourth-order valence-corrected chi connectivity index (χ4v) is 3.00. The van der Waals surface area contributed by atoms with Crippen LogP contribution in [0.25, 0.3) is 0 Å². The molecule has 1 aliphatic carbocycles. The molecule has 2 aromatic rings. The van der Waals surface area contributed by atoms with Gasteiger partial charge in [-0.2, -0.15) is 0 Å². The number of aromatic nitrogens is 1. The third-order valence-electron chi connectivity index (χ3n) is 4.43. The highest BCUT2D eigenvalue weighted by atomic mass is 16.5. The van der Waals surface area contributed by atoms with Crippen molar-refractivity contribution in [3.8, 4) is 5.75 Å². The number of anilines is 1. The molecule has 0 bridgehead atoms. The third-order valence-corrected chi connectivity index (χ3v) is 4.43. The van der Waals surface area contributed by atoms with E-state index in [9.17, 15) is 9.90 Å². The molecule has 0 spiro atoms. The summed E-state index contributed by atoms with van der Waals surface area (Å²) in [7, 11) is 0. The van der Waals surface area contributed by atoms with Crippen molar-refractivity contribution in [2.24, 2.45) is 0 Å². The van der Waals surface area contributed by atoms with Gasteiger partial charge in [0, 0.05) is 17.6 Å². The minimum Gasteiger partial charge on any atom is -0.488 e. The Morgan fingerprint density at radius 2 is 1.96 bits per heavy atom. The zero-order valence-electron chi connectivity index (χ0n) is 14.4. The summed E-state index contributed by atoms with van der Waals surface area (Å²) in [6.45, 7) is 1.92. The van der Waals surface area contributed by atoms with Gasteiger partial charge in [0.2, 0.25) is 5.91 Å². The molecule has 1 amide bonds. The van der Waals surface area contributed by atoms with E-state index in [0.29, 0.717) is 12.2 Å². The lowest BCUT2D eigenvalue weighted by Crippen LogP contribution is -2.34. The first-order valence-electron chi connectivity index (χ1n) is 8.76. The zero-order chi connectivity index (χ0) is 17.6. The molecule has 25 heavy (non-hydrogen) atoms.